The molecule has 0 radical (unpaired) electrons. The van der Waals surface area contributed by atoms with Crippen LogP contribution in [0.4, 0.5) is 4.39 Å². The Labute approximate surface area is 94.5 Å². The summed E-state index contributed by atoms with van der Waals surface area (Å²) in [7, 11) is 0. The molecular formula is C12H16FNO2. The quantitative estimate of drug-likeness (QED) is 0.794. The molecule has 0 bridgehead atoms. The highest BCUT2D eigenvalue weighted by Crippen LogP contribution is 2.23. The summed E-state index contributed by atoms with van der Waals surface area (Å²) >= 11 is 0. The highest BCUT2D eigenvalue weighted by Gasteiger charge is 2.24. The van der Waals surface area contributed by atoms with Gasteiger partial charge >= 0.3 is 0 Å². The van der Waals surface area contributed by atoms with Crippen LogP contribution in [-0.2, 0) is 9.57 Å². The lowest BCUT2D eigenvalue weighted by atomic mass is 10.0. The molecule has 0 spiro atoms. The zero-order valence-corrected chi connectivity index (χ0v) is 9.28. The molecular weight excluding hydrogens is 209 g/mol. The molecule has 4 heteroatoms. The fourth-order valence-corrected chi connectivity index (χ4v) is 1.78. The summed E-state index contributed by atoms with van der Waals surface area (Å²) in [6.45, 7) is 3.14. The molecule has 3 nitrogen and oxygen atoms in total. The largest absolute Gasteiger partial charge is 0.376 e. The van der Waals surface area contributed by atoms with E-state index in [1.165, 1.54) is 6.07 Å². The van der Waals surface area contributed by atoms with Gasteiger partial charge in [-0.15, -0.1) is 0 Å². The topological polar surface area (TPSA) is 30.5 Å². The Bertz CT molecular complexity index is 346. The summed E-state index contributed by atoms with van der Waals surface area (Å²) < 4.78 is 19.2. The summed E-state index contributed by atoms with van der Waals surface area (Å²) in [5.74, 6) is -0.236. The predicted octanol–water partition coefficient (Wildman–Crippen LogP) is 2.20. The predicted molar refractivity (Wildman–Crippen MR) is 58.3 cm³/mol. The van der Waals surface area contributed by atoms with Crippen molar-refractivity contribution in [1.29, 1.82) is 0 Å². The Morgan fingerprint density at radius 1 is 1.31 bits per heavy atom. The van der Waals surface area contributed by atoms with Crippen LogP contribution < -0.4 is 5.48 Å². The van der Waals surface area contributed by atoms with E-state index in [-0.39, 0.29) is 18.0 Å². The summed E-state index contributed by atoms with van der Waals surface area (Å²) in [6.07, 6.45) is 0.735. The molecule has 0 aromatic heterocycles. The molecule has 1 aromatic carbocycles. The lowest BCUT2D eigenvalue weighted by Crippen LogP contribution is -2.35. The average molecular weight is 225 g/mol. The maximum Gasteiger partial charge on any atom is 0.128 e. The molecule has 1 aromatic rings. The van der Waals surface area contributed by atoms with Gasteiger partial charge in [-0.05, 0) is 19.4 Å². The van der Waals surface area contributed by atoms with E-state index < -0.39 is 0 Å². The number of benzene rings is 1. The first-order valence-corrected chi connectivity index (χ1v) is 5.52. The molecule has 0 amide bonds. The summed E-state index contributed by atoms with van der Waals surface area (Å²) in [6, 6.07) is 6.42. The Morgan fingerprint density at radius 2 is 2.12 bits per heavy atom. The first-order valence-electron chi connectivity index (χ1n) is 5.52. The Balaban J connectivity index is 2.19. The molecule has 1 heterocycles. The van der Waals surface area contributed by atoms with Gasteiger partial charge < -0.3 is 9.57 Å². The number of hydrogen-bond donors (Lipinski definition) is 1. The first-order chi connectivity index (χ1) is 7.79. The Hall–Kier alpha value is -0.970. The molecule has 1 aliphatic heterocycles. The summed E-state index contributed by atoms with van der Waals surface area (Å²) in [4.78, 5) is 5.27. The molecule has 1 saturated heterocycles. The summed E-state index contributed by atoms with van der Waals surface area (Å²) in [5.41, 5.74) is 3.44. The second kappa shape index (κ2) is 5.39. The van der Waals surface area contributed by atoms with Crippen molar-refractivity contribution in [1.82, 2.24) is 5.48 Å². The lowest BCUT2D eigenvalue weighted by Gasteiger charge is -2.28. The number of halogens is 1. The second-order valence-electron chi connectivity index (χ2n) is 3.89. The van der Waals surface area contributed by atoms with Crippen molar-refractivity contribution in [3.63, 3.8) is 0 Å². The van der Waals surface area contributed by atoms with Gasteiger partial charge in [0.05, 0.1) is 18.8 Å². The van der Waals surface area contributed by atoms with Crippen LogP contribution in [0.3, 0.4) is 0 Å². The van der Waals surface area contributed by atoms with Gasteiger partial charge in [0, 0.05) is 12.2 Å². The van der Waals surface area contributed by atoms with Crippen LogP contribution in [0.15, 0.2) is 24.3 Å². The highest BCUT2D eigenvalue weighted by molar-refractivity contribution is 5.21. The second-order valence-corrected chi connectivity index (χ2v) is 3.89. The fourth-order valence-electron chi connectivity index (χ4n) is 1.78. The third-order valence-corrected chi connectivity index (χ3v) is 2.69. The first kappa shape index (κ1) is 11.5. The Kier molecular flexibility index (Phi) is 3.88. The number of hydroxylamine groups is 1. The van der Waals surface area contributed by atoms with Gasteiger partial charge in [-0.2, -0.15) is 5.48 Å². The zero-order chi connectivity index (χ0) is 11.4. The van der Waals surface area contributed by atoms with Crippen LogP contribution in [0.1, 0.15) is 24.9 Å². The van der Waals surface area contributed by atoms with Gasteiger partial charge in [0.15, 0.2) is 0 Å². The van der Waals surface area contributed by atoms with Crippen LogP contribution in [0.5, 0.6) is 0 Å². The minimum Gasteiger partial charge on any atom is -0.376 e. The molecule has 0 saturated carbocycles. The van der Waals surface area contributed by atoms with E-state index >= 15 is 0 Å². The molecule has 1 fully saturated rings. The van der Waals surface area contributed by atoms with Gasteiger partial charge in [-0.3, -0.25) is 0 Å². The molecule has 2 rings (SSSR count). The van der Waals surface area contributed by atoms with Crippen molar-refractivity contribution in [3.05, 3.63) is 35.6 Å². The highest BCUT2D eigenvalue weighted by atomic mass is 19.1. The SMILES string of the molecule is C[C@H]1OCCCON[C@H]1c1ccccc1F. The molecule has 1 N–H and O–H groups in total. The minimum atomic E-state index is -0.263. The van der Waals surface area contributed by atoms with Crippen LogP contribution in [0.25, 0.3) is 0 Å². The number of hydrogen-bond acceptors (Lipinski definition) is 3. The smallest absolute Gasteiger partial charge is 0.128 e. The normalized spacial score (nSPS) is 27.1. The van der Waals surface area contributed by atoms with Crippen molar-refractivity contribution in [3.8, 4) is 0 Å². The fraction of sp³-hybridized carbons (Fsp3) is 0.500. The van der Waals surface area contributed by atoms with Crippen molar-refractivity contribution < 1.29 is 14.0 Å². The minimum absolute atomic E-state index is 0.114. The van der Waals surface area contributed by atoms with E-state index in [9.17, 15) is 4.39 Å². The summed E-state index contributed by atoms with van der Waals surface area (Å²) in [5, 5.41) is 0. The van der Waals surface area contributed by atoms with Crippen LogP contribution >= 0.6 is 0 Å². The molecule has 1 aliphatic rings. The molecule has 2 atom stereocenters. The van der Waals surface area contributed by atoms with E-state index in [1.54, 1.807) is 12.1 Å². The lowest BCUT2D eigenvalue weighted by molar-refractivity contribution is -0.0780. The van der Waals surface area contributed by atoms with Crippen LogP contribution in [0, 0.1) is 5.82 Å². The monoisotopic (exact) mass is 225 g/mol. The van der Waals surface area contributed by atoms with Gasteiger partial charge in [-0.25, -0.2) is 4.39 Å². The van der Waals surface area contributed by atoms with E-state index in [0.717, 1.165) is 6.42 Å². The van der Waals surface area contributed by atoms with Crippen molar-refractivity contribution in [2.24, 2.45) is 0 Å². The number of ether oxygens (including phenoxy) is 1. The molecule has 0 aliphatic carbocycles. The number of nitrogens with one attached hydrogen (secondary N) is 1. The Morgan fingerprint density at radius 3 is 2.94 bits per heavy atom. The van der Waals surface area contributed by atoms with Crippen molar-refractivity contribution in [2.75, 3.05) is 13.2 Å². The average Bonchev–Trinajstić information content (AvgIpc) is 2.26. The van der Waals surface area contributed by atoms with Crippen molar-refractivity contribution in [2.45, 2.75) is 25.5 Å². The van der Waals surface area contributed by atoms with Gasteiger partial charge in [0.25, 0.3) is 0 Å². The van der Waals surface area contributed by atoms with E-state index in [0.29, 0.717) is 18.8 Å². The van der Waals surface area contributed by atoms with E-state index in [1.807, 2.05) is 13.0 Å². The van der Waals surface area contributed by atoms with Crippen LogP contribution in [-0.4, -0.2) is 19.3 Å². The third-order valence-electron chi connectivity index (χ3n) is 2.69. The number of rotatable bonds is 1. The van der Waals surface area contributed by atoms with E-state index in [4.69, 9.17) is 9.57 Å². The standard InChI is InChI=1S/C12H16FNO2/c1-9-12(14-16-8-4-7-15-9)10-5-2-3-6-11(10)13/h2-3,5-6,9,12,14H,4,7-8H2,1H3/t9-,12-/m1/s1. The molecule has 88 valence electrons. The third kappa shape index (κ3) is 2.58. The zero-order valence-electron chi connectivity index (χ0n) is 9.28. The van der Waals surface area contributed by atoms with E-state index in [2.05, 4.69) is 5.48 Å². The maximum absolute atomic E-state index is 13.6. The van der Waals surface area contributed by atoms with Gasteiger partial charge in [0.1, 0.15) is 5.82 Å². The van der Waals surface area contributed by atoms with Gasteiger partial charge in [-0.1, -0.05) is 18.2 Å². The molecule has 16 heavy (non-hydrogen) atoms. The molecule has 0 unspecified atom stereocenters. The van der Waals surface area contributed by atoms with Crippen LogP contribution in [0.2, 0.25) is 0 Å². The van der Waals surface area contributed by atoms with Crippen molar-refractivity contribution >= 4 is 0 Å². The maximum atomic E-state index is 13.6. The van der Waals surface area contributed by atoms with Gasteiger partial charge in [0.2, 0.25) is 0 Å².